The number of amides is 2. The van der Waals surface area contributed by atoms with Crippen molar-refractivity contribution < 1.29 is 14.3 Å². The fourth-order valence-electron chi connectivity index (χ4n) is 4.03. The number of ether oxygens (including phenoxy) is 1. The summed E-state index contributed by atoms with van der Waals surface area (Å²) in [6.07, 6.45) is 1.85. The molecule has 31 heavy (non-hydrogen) atoms. The van der Waals surface area contributed by atoms with Gasteiger partial charge in [-0.15, -0.1) is 0 Å². The number of hydrogen-bond donors (Lipinski definition) is 1. The highest BCUT2D eigenvalue weighted by molar-refractivity contribution is 5.86. The van der Waals surface area contributed by atoms with E-state index in [0.717, 1.165) is 43.6 Å². The normalized spacial score (nSPS) is 15.5. The van der Waals surface area contributed by atoms with Gasteiger partial charge < -0.3 is 19.9 Å². The summed E-state index contributed by atoms with van der Waals surface area (Å²) in [6, 6.07) is 18.6. The molecule has 1 aliphatic rings. The lowest BCUT2D eigenvalue weighted by Crippen LogP contribution is -2.52. The fourth-order valence-corrected chi connectivity index (χ4v) is 4.03. The molecule has 1 fully saturated rings. The SMILES string of the molecule is CN(C)CC1CCN(C(=O)C(Cc2ccccc2)NC(=O)OCc2ccccc2)CC1. The molecule has 6 heteroatoms. The van der Waals surface area contributed by atoms with Gasteiger partial charge in [-0.3, -0.25) is 4.79 Å². The molecular formula is C25H33N3O3. The minimum atomic E-state index is -0.643. The van der Waals surface area contributed by atoms with Crippen LogP contribution in [0.15, 0.2) is 60.7 Å². The van der Waals surface area contributed by atoms with E-state index in [4.69, 9.17) is 4.74 Å². The first kappa shape index (κ1) is 22.8. The van der Waals surface area contributed by atoms with Crippen LogP contribution in [0.2, 0.25) is 0 Å². The summed E-state index contributed by atoms with van der Waals surface area (Å²) in [6.45, 7) is 2.67. The van der Waals surface area contributed by atoms with Crippen molar-refractivity contribution in [2.45, 2.75) is 31.9 Å². The molecule has 2 amide bonds. The Morgan fingerprint density at radius 3 is 2.16 bits per heavy atom. The smallest absolute Gasteiger partial charge is 0.408 e. The standard InChI is InChI=1S/C25H33N3O3/c1-27(2)18-21-13-15-28(16-14-21)24(29)23(17-20-9-5-3-6-10-20)26-25(30)31-19-22-11-7-4-8-12-22/h3-12,21,23H,13-19H2,1-2H3,(H,26,30). The van der Waals surface area contributed by atoms with Gasteiger partial charge in [-0.05, 0) is 44.0 Å². The van der Waals surface area contributed by atoms with E-state index in [1.54, 1.807) is 0 Å². The Morgan fingerprint density at radius 1 is 1.00 bits per heavy atom. The van der Waals surface area contributed by atoms with E-state index in [0.29, 0.717) is 12.3 Å². The average Bonchev–Trinajstić information content (AvgIpc) is 2.78. The number of benzene rings is 2. The van der Waals surface area contributed by atoms with E-state index in [2.05, 4.69) is 24.3 Å². The zero-order valence-electron chi connectivity index (χ0n) is 18.5. The molecule has 166 valence electrons. The maximum absolute atomic E-state index is 13.3. The first-order valence-electron chi connectivity index (χ1n) is 11.0. The molecule has 1 N–H and O–H groups in total. The summed E-state index contributed by atoms with van der Waals surface area (Å²) >= 11 is 0. The Kier molecular flexibility index (Phi) is 8.47. The van der Waals surface area contributed by atoms with Crippen LogP contribution >= 0.6 is 0 Å². The minimum Gasteiger partial charge on any atom is -0.445 e. The molecule has 2 aromatic rings. The van der Waals surface area contributed by atoms with Crippen molar-refractivity contribution >= 4 is 12.0 Å². The molecule has 0 spiro atoms. The van der Waals surface area contributed by atoms with Gasteiger partial charge in [0.2, 0.25) is 5.91 Å². The molecule has 0 saturated carbocycles. The number of hydrogen-bond acceptors (Lipinski definition) is 4. The molecule has 1 atom stereocenters. The molecule has 1 unspecified atom stereocenters. The average molecular weight is 424 g/mol. The number of carbonyl (C=O) groups is 2. The number of alkyl carbamates (subject to hydrolysis) is 1. The second-order valence-electron chi connectivity index (χ2n) is 8.48. The summed E-state index contributed by atoms with van der Waals surface area (Å²) in [5.74, 6) is 0.569. The van der Waals surface area contributed by atoms with Crippen LogP contribution in [-0.4, -0.2) is 61.6 Å². The third-order valence-electron chi connectivity index (χ3n) is 5.64. The summed E-state index contributed by atoms with van der Waals surface area (Å²) in [4.78, 5) is 29.8. The second kappa shape index (κ2) is 11.5. The van der Waals surface area contributed by atoms with Gasteiger partial charge in [0.05, 0.1) is 0 Å². The molecule has 0 aliphatic carbocycles. The van der Waals surface area contributed by atoms with Crippen molar-refractivity contribution in [1.29, 1.82) is 0 Å². The Balaban J connectivity index is 1.60. The molecule has 0 bridgehead atoms. The van der Waals surface area contributed by atoms with E-state index in [9.17, 15) is 9.59 Å². The highest BCUT2D eigenvalue weighted by Gasteiger charge is 2.30. The van der Waals surface area contributed by atoms with Crippen molar-refractivity contribution in [2.24, 2.45) is 5.92 Å². The molecule has 1 heterocycles. The molecular weight excluding hydrogens is 390 g/mol. The Bertz CT molecular complexity index is 818. The second-order valence-corrected chi connectivity index (χ2v) is 8.48. The van der Waals surface area contributed by atoms with Crippen molar-refractivity contribution in [3.63, 3.8) is 0 Å². The largest absolute Gasteiger partial charge is 0.445 e. The van der Waals surface area contributed by atoms with Gasteiger partial charge in [0.15, 0.2) is 0 Å². The number of likely N-dealkylation sites (tertiary alicyclic amines) is 1. The highest BCUT2D eigenvalue weighted by Crippen LogP contribution is 2.19. The lowest BCUT2D eigenvalue weighted by Gasteiger charge is -2.35. The number of nitrogens with zero attached hydrogens (tertiary/aromatic N) is 2. The first-order valence-corrected chi connectivity index (χ1v) is 11.0. The number of carbonyl (C=O) groups excluding carboxylic acids is 2. The van der Waals surface area contributed by atoms with Gasteiger partial charge in [-0.1, -0.05) is 60.7 Å². The van der Waals surface area contributed by atoms with Gasteiger partial charge in [0.1, 0.15) is 12.6 Å². The van der Waals surface area contributed by atoms with Crippen LogP contribution in [0.1, 0.15) is 24.0 Å². The lowest BCUT2D eigenvalue weighted by molar-refractivity contribution is -0.134. The van der Waals surface area contributed by atoms with Crippen LogP contribution in [0.25, 0.3) is 0 Å². The Labute approximate surface area is 185 Å². The quantitative estimate of drug-likeness (QED) is 0.708. The molecule has 1 aliphatic heterocycles. The van der Waals surface area contributed by atoms with Crippen LogP contribution < -0.4 is 5.32 Å². The van der Waals surface area contributed by atoms with Gasteiger partial charge in [0.25, 0.3) is 0 Å². The Morgan fingerprint density at radius 2 is 1.58 bits per heavy atom. The predicted octanol–water partition coefficient (Wildman–Crippen LogP) is 3.32. The van der Waals surface area contributed by atoms with Crippen molar-refractivity contribution in [1.82, 2.24) is 15.1 Å². The molecule has 1 saturated heterocycles. The highest BCUT2D eigenvalue weighted by atomic mass is 16.5. The van der Waals surface area contributed by atoms with Gasteiger partial charge in [0, 0.05) is 26.1 Å². The first-order chi connectivity index (χ1) is 15.0. The van der Waals surface area contributed by atoms with Gasteiger partial charge in [-0.2, -0.15) is 0 Å². The zero-order chi connectivity index (χ0) is 22.1. The van der Waals surface area contributed by atoms with Gasteiger partial charge in [-0.25, -0.2) is 4.79 Å². The third kappa shape index (κ3) is 7.40. The Hall–Kier alpha value is -2.86. The monoisotopic (exact) mass is 423 g/mol. The van der Waals surface area contributed by atoms with Crippen LogP contribution in [0, 0.1) is 5.92 Å². The minimum absolute atomic E-state index is 0.0381. The number of piperidine rings is 1. The van der Waals surface area contributed by atoms with Crippen molar-refractivity contribution in [3.8, 4) is 0 Å². The van der Waals surface area contributed by atoms with Crippen LogP contribution in [0.3, 0.4) is 0 Å². The van der Waals surface area contributed by atoms with Crippen molar-refractivity contribution in [2.75, 3.05) is 33.7 Å². The van der Waals surface area contributed by atoms with Crippen LogP contribution in [-0.2, 0) is 22.6 Å². The fraction of sp³-hybridized carbons (Fsp3) is 0.440. The predicted molar refractivity (Wildman–Crippen MR) is 122 cm³/mol. The lowest BCUT2D eigenvalue weighted by atomic mass is 9.95. The number of nitrogens with one attached hydrogen (secondary N) is 1. The molecule has 0 radical (unpaired) electrons. The van der Waals surface area contributed by atoms with Crippen LogP contribution in [0.5, 0.6) is 0 Å². The van der Waals surface area contributed by atoms with Crippen LogP contribution in [0.4, 0.5) is 4.79 Å². The van der Waals surface area contributed by atoms with E-state index in [1.807, 2.05) is 65.6 Å². The van der Waals surface area contributed by atoms with E-state index in [-0.39, 0.29) is 12.5 Å². The maximum Gasteiger partial charge on any atom is 0.408 e. The summed E-state index contributed by atoms with van der Waals surface area (Å²) in [5, 5.41) is 2.82. The molecule has 2 aromatic carbocycles. The van der Waals surface area contributed by atoms with E-state index < -0.39 is 12.1 Å². The maximum atomic E-state index is 13.3. The van der Waals surface area contributed by atoms with E-state index in [1.165, 1.54) is 0 Å². The summed E-state index contributed by atoms with van der Waals surface area (Å²) < 4.78 is 5.37. The molecule has 0 aromatic heterocycles. The van der Waals surface area contributed by atoms with E-state index >= 15 is 0 Å². The van der Waals surface area contributed by atoms with Gasteiger partial charge >= 0.3 is 6.09 Å². The topological polar surface area (TPSA) is 61.9 Å². The zero-order valence-corrected chi connectivity index (χ0v) is 18.5. The summed E-state index contributed by atoms with van der Waals surface area (Å²) in [7, 11) is 4.16. The van der Waals surface area contributed by atoms with Crippen molar-refractivity contribution in [3.05, 3.63) is 71.8 Å². The third-order valence-corrected chi connectivity index (χ3v) is 5.64. The molecule has 6 nitrogen and oxygen atoms in total. The summed E-state index contributed by atoms with van der Waals surface area (Å²) in [5.41, 5.74) is 1.92. The molecule has 3 rings (SSSR count). The number of rotatable bonds is 8.